The fraction of sp³-hybridized carbons (Fsp3) is 0.440. The number of carbonyl (C=O) groups is 2. The third-order valence-electron chi connectivity index (χ3n) is 5.09. The lowest BCUT2D eigenvalue weighted by Crippen LogP contribution is -2.42. The standard InChI is InChI=1S/C25H34N2O4/c1-8-31-25(29)19(6)27(22-10-9-11-23(16-22)30-7)21-14-12-20(13-15-21)24(28)26(17(2)3)18(4)5/h9-19H,8H2,1-7H3. The van der Waals surface area contributed by atoms with E-state index in [0.717, 1.165) is 11.4 Å². The summed E-state index contributed by atoms with van der Waals surface area (Å²) >= 11 is 0. The zero-order valence-corrected chi connectivity index (χ0v) is 19.6. The number of ether oxygens (including phenoxy) is 2. The number of rotatable bonds is 9. The maximum Gasteiger partial charge on any atom is 0.328 e. The average Bonchev–Trinajstić information content (AvgIpc) is 2.74. The molecule has 2 aromatic carbocycles. The lowest BCUT2D eigenvalue weighted by atomic mass is 10.1. The van der Waals surface area contributed by atoms with E-state index in [1.54, 1.807) is 33.1 Å². The van der Waals surface area contributed by atoms with Crippen molar-refractivity contribution in [3.63, 3.8) is 0 Å². The largest absolute Gasteiger partial charge is 0.497 e. The van der Waals surface area contributed by atoms with Gasteiger partial charge in [-0.05, 0) is 77.9 Å². The van der Waals surface area contributed by atoms with Crippen molar-refractivity contribution < 1.29 is 19.1 Å². The van der Waals surface area contributed by atoms with Gasteiger partial charge in [-0.25, -0.2) is 4.79 Å². The van der Waals surface area contributed by atoms with Crippen molar-refractivity contribution in [2.75, 3.05) is 18.6 Å². The number of methoxy groups -OCH3 is 1. The van der Waals surface area contributed by atoms with E-state index in [4.69, 9.17) is 9.47 Å². The van der Waals surface area contributed by atoms with Gasteiger partial charge in [0.25, 0.3) is 5.91 Å². The smallest absolute Gasteiger partial charge is 0.328 e. The van der Waals surface area contributed by atoms with Crippen molar-refractivity contribution in [3.05, 3.63) is 54.1 Å². The van der Waals surface area contributed by atoms with Crippen LogP contribution in [0, 0.1) is 0 Å². The Bertz CT molecular complexity index is 869. The van der Waals surface area contributed by atoms with Crippen LogP contribution in [-0.2, 0) is 9.53 Å². The minimum atomic E-state index is -0.559. The van der Waals surface area contributed by atoms with Crippen LogP contribution in [0.5, 0.6) is 5.75 Å². The molecule has 168 valence electrons. The zero-order valence-electron chi connectivity index (χ0n) is 19.6. The number of esters is 1. The molecule has 0 heterocycles. The topological polar surface area (TPSA) is 59.1 Å². The number of hydrogen-bond acceptors (Lipinski definition) is 5. The molecule has 0 aliphatic carbocycles. The van der Waals surface area contributed by atoms with E-state index in [1.807, 2.05) is 73.9 Å². The lowest BCUT2D eigenvalue weighted by Gasteiger charge is -2.32. The van der Waals surface area contributed by atoms with E-state index < -0.39 is 6.04 Å². The number of carbonyl (C=O) groups excluding carboxylic acids is 2. The normalized spacial score (nSPS) is 11.9. The van der Waals surface area contributed by atoms with Gasteiger partial charge in [0.1, 0.15) is 11.8 Å². The highest BCUT2D eigenvalue weighted by Gasteiger charge is 2.26. The van der Waals surface area contributed by atoms with Crippen molar-refractivity contribution in [1.82, 2.24) is 4.90 Å². The molecule has 6 nitrogen and oxygen atoms in total. The lowest BCUT2D eigenvalue weighted by molar-refractivity contribution is -0.144. The van der Waals surface area contributed by atoms with E-state index in [0.29, 0.717) is 17.9 Å². The second-order valence-electron chi connectivity index (χ2n) is 7.95. The molecular formula is C25H34N2O4. The molecule has 1 unspecified atom stereocenters. The molecule has 1 atom stereocenters. The Morgan fingerprint density at radius 2 is 1.52 bits per heavy atom. The molecule has 0 saturated carbocycles. The highest BCUT2D eigenvalue weighted by Crippen LogP contribution is 2.31. The summed E-state index contributed by atoms with van der Waals surface area (Å²) in [5.74, 6) is 0.356. The molecule has 0 aliphatic rings. The third kappa shape index (κ3) is 5.78. The third-order valence-corrected chi connectivity index (χ3v) is 5.09. The minimum Gasteiger partial charge on any atom is -0.497 e. The first-order valence-electron chi connectivity index (χ1n) is 10.7. The van der Waals surface area contributed by atoms with E-state index in [-0.39, 0.29) is 24.0 Å². The predicted octanol–water partition coefficient (Wildman–Crippen LogP) is 5.04. The fourth-order valence-corrected chi connectivity index (χ4v) is 3.70. The van der Waals surface area contributed by atoms with Crippen molar-refractivity contribution in [3.8, 4) is 5.75 Å². The first-order chi connectivity index (χ1) is 14.7. The number of benzene rings is 2. The van der Waals surface area contributed by atoms with Crippen LogP contribution in [0.25, 0.3) is 0 Å². The molecule has 2 aromatic rings. The summed E-state index contributed by atoms with van der Waals surface area (Å²) in [4.78, 5) is 29.3. The van der Waals surface area contributed by atoms with Crippen LogP contribution in [0.4, 0.5) is 11.4 Å². The molecule has 2 rings (SSSR count). The molecule has 0 fully saturated rings. The zero-order chi connectivity index (χ0) is 23.1. The molecule has 0 aromatic heterocycles. The molecular weight excluding hydrogens is 392 g/mol. The Labute approximate surface area is 185 Å². The van der Waals surface area contributed by atoms with Gasteiger partial charge in [0.05, 0.1) is 13.7 Å². The SMILES string of the molecule is CCOC(=O)C(C)N(c1ccc(C(=O)N(C(C)C)C(C)C)cc1)c1cccc(OC)c1. The van der Waals surface area contributed by atoms with Crippen LogP contribution >= 0.6 is 0 Å². The monoisotopic (exact) mass is 426 g/mol. The van der Waals surface area contributed by atoms with Gasteiger partial charge < -0.3 is 19.3 Å². The van der Waals surface area contributed by atoms with Crippen LogP contribution in [0.3, 0.4) is 0 Å². The van der Waals surface area contributed by atoms with Gasteiger partial charge in [-0.2, -0.15) is 0 Å². The van der Waals surface area contributed by atoms with E-state index in [1.165, 1.54) is 0 Å². The van der Waals surface area contributed by atoms with E-state index in [2.05, 4.69) is 0 Å². The summed E-state index contributed by atoms with van der Waals surface area (Å²) < 4.78 is 10.6. The molecule has 31 heavy (non-hydrogen) atoms. The Kier molecular flexibility index (Phi) is 8.48. The van der Waals surface area contributed by atoms with E-state index in [9.17, 15) is 9.59 Å². The Morgan fingerprint density at radius 1 is 0.903 bits per heavy atom. The number of anilines is 2. The van der Waals surface area contributed by atoms with Gasteiger partial charge in [0.2, 0.25) is 0 Å². The van der Waals surface area contributed by atoms with Gasteiger partial charge in [-0.3, -0.25) is 4.79 Å². The second kappa shape index (κ2) is 10.8. The summed E-state index contributed by atoms with van der Waals surface area (Å²) in [5, 5.41) is 0. The van der Waals surface area contributed by atoms with Crippen LogP contribution in [0.1, 0.15) is 51.9 Å². The molecule has 6 heteroatoms. The van der Waals surface area contributed by atoms with Crippen molar-refractivity contribution in [2.24, 2.45) is 0 Å². The first kappa shape index (κ1) is 24.3. The predicted molar refractivity (Wildman–Crippen MR) is 124 cm³/mol. The minimum absolute atomic E-state index is 0.0112. The van der Waals surface area contributed by atoms with Crippen molar-refractivity contribution in [1.29, 1.82) is 0 Å². The van der Waals surface area contributed by atoms with Crippen molar-refractivity contribution >= 4 is 23.3 Å². The number of nitrogens with zero attached hydrogens (tertiary/aromatic N) is 2. The summed E-state index contributed by atoms with van der Waals surface area (Å²) in [6.45, 7) is 11.9. The summed E-state index contributed by atoms with van der Waals surface area (Å²) in [5.41, 5.74) is 2.19. The molecule has 0 aliphatic heterocycles. The maximum atomic E-state index is 13.0. The molecule has 0 radical (unpaired) electrons. The summed E-state index contributed by atoms with van der Waals surface area (Å²) in [6.07, 6.45) is 0. The van der Waals surface area contributed by atoms with Gasteiger partial charge in [0, 0.05) is 35.1 Å². The van der Waals surface area contributed by atoms with Crippen LogP contribution in [0.15, 0.2) is 48.5 Å². The quantitative estimate of drug-likeness (QED) is 0.526. The van der Waals surface area contributed by atoms with Gasteiger partial charge >= 0.3 is 5.97 Å². The fourth-order valence-electron chi connectivity index (χ4n) is 3.70. The molecule has 0 spiro atoms. The van der Waals surface area contributed by atoms with Crippen LogP contribution < -0.4 is 9.64 Å². The molecule has 0 bridgehead atoms. The first-order valence-corrected chi connectivity index (χ1v) is 10.7. The van der Waals surface area contributed by atoms with E-state index >= 15 is 0 Å². The number of amides is 1. The highest BCUT2D eigenvalue weighted by molar-refractivity contribution is 5.95. The summed E-state index contributed by atoms with van der Waals surface area (Å²) in [7, 11) is 1.60. The Hall–Kier alpha value is -3.02. The van der Waals surface area contributed by atoms with Gasteiger partial charge in [-0.15, -0.1) is 0 Å². The molecule has 0 N–H and O–H groups in total. The molecule has 0 saturated heterocycles. The Balaban J connectivity index is 2.44. The number of hydrogen-bond donors (Lipinski definition) is 0. The van der Waals surface area contributed by atoms with Gasteiger partial charge in [0.15, 0.2) is 0 Å². The second-order valence-corrected chi connectivity index (χ2v) is 7.95. The van der Waals surface area contributed by atoms with Crippen LogP contribution in [-0.4, -0.2) is 48.6 Å². The average molecular weight is 427 g/mol. The highest BCUT2D eigenvalue weighted by atomic mass is 16.5. The van der Waals surface area contributed by atoms with Gasteiger partial charge in [-0.1, -0.05) is 6.07 Å². The maximum absolute atomic E-state index is 13.0. The summed E-state index contributed by atoms with van der Waals surface area (Å²) in [6, 6.07) is 14.5. The Morgan fingerprint density at radius 3 is 2.03 bits per heavy atom. The van der Waals surface area contributed by atoms with Crippen molar-refractivity contribution in [2.45, 2.75) is 59.7 Å². The van der Waals surface area contributed by atoms with Crippen LogP contribution in [0.2, 0.25) is 0 Å². The molecule has 1 amide bonds.